The number of aromatic nitrogens is 2. The fourth-order valence-corrected chi connectivity index (χ4v) is 2.32. The second kappa shape index (κ2) is 6.57. The molecule has 2 rings (SSSR count). The molecule has 0 spiro atoms. The highest BCUT2D eigenvalue weighted by Gasteiger charge is 2.08. The molecule has 0 radical (unpaired) electrons. The molecule has 1 aromatic carbocycles. The van der Waals surface area contributed by atoms with Gasteiger partial charge in [0.25, 0.3) is 5.56 Å². The van der Waals surface area contributed by atoms with Gasteiger partial charge in [0.15, 0.2) is 0 Å². The number of hydrogen-bond acceptors (Lipinski definition) is 3. The van der Waals surface area contributed by atoms with Crippen LogP contribution in [-0.2, 0) is 6.42 Å². The van der Waals surface area contributed by atoms with Crippen molar-refractivity contribution in [3.63, 3.8) is 0 Å². The Hall–Kier alpha value is -2.10. The molecular formula is C17H22N2O2. The highest BCUT2D eigenvalue weighted by atomic mass is 16.5. The summed E-state index contributed by atoms with van der Waals surface area (Å²) in [7, 11) is 0. The van der Waals surface area contributed by atoms with Gasteiger partial charge in [-0.2, -0.15) is 0 Å². The van der Waals surface area contributed by atoms with Gasteiger partial charge >= 0.3 is 0 Å². The van der Waals surface area contributed by atoms with Crippen LogP contribution in [0.4, 0.5) is 0 Å². The van der Waals surface area contributed by atoms with Crippen molar-refractivity contribution < 1.29 is 4.74 Å². The van der Waals surface area contributed by atoms with Gasteiger partial charge in [-0.1, -0.05) is 19.4 Å². The summed E-state index contributed by atoms with van der Waals surface area (Å²) < 4.78 is 7.30. The predicted octanol–water partition coefficient (Wildman–Crippen LogP) is 3.28. The van der Waals surface area contributed by atoms with E-state index in [1.807, 2.05) is 45.0 Å². The zero-order valence-corrected chi connectivity index (χ0v) is 13.1. The summed E-state index contributed by atoms with van der Waals surface area (Å²) in [5.41, 5.74) is 1.59. The third kappa shape index (κ3) is 3.72. The van der Waals surface area contributed by atoms with Gasteiger partial charge in [-0.25, -0.2) is 4.98 Å². The maximum Gasteiger partial charge on any atom is 0.258 e. The second-order valence-corrected chi connectivity index (χ2v) is 5.38. The number of rotatable bonds is 5. The van der Waals surface area contributed by atoms with Crippen LogP contribution in [0.2, 0.25) is 0 Å². The first kappa shape index (κ1) is 15.3. The van der Waals surface area contributed by atoms with E-state index in [2.05, 4.69) is 11.9 Å². The predicted molar refractivity (Wildman–Crippen MR) is 84.3 cm³/mol. The van der Waals surface area contributed by atoms with Crippen LogP contribution in [0.3, 0.4) is 0 Å². The van der Waals surface area contributed by atoms with Crippen LogP contribution < -0.4 is 10.3 Å². The third-order valence-corrected chi connectivity index (χ3v) is 3.09. The van der Waals surface area contributed by atoms with E-state index in [1.54, 1.807) is 10.6 Å². The summed E-state index contributed by atoms with van der Waals surface area (Å²) in [6.07, 6.45) is 1.91. The first-order chi connectivity index (χ1) is 10.0. The molecule has 0 atom stereocenters. The third-order valence-electron chi connectivity index (χ3n) is 3.09. The van der Waals surface area contributed by atoms with Crippen LogP contribution in [0, 0.1) is 6.92 Å². The van der Waals surface area contributed by atoms with Crippen molar-refractivity contribution in [1.82, 2.24) is 9.55 Å². The minimum atomic E-state index is -0.0485. The van der Waals surface area contributed by atoms with E-state index in [0.29, 0.717) is 5.82 Å². The molecule has 1 aromatic heterocycles. The fourth-order valence-electron chi connectivity index (χ4n) is 2.32. The van der Waals surface area contributed by atoms with Gasteiger partial charge in [-0.05, 0) is 39.3 Å². The van der Waals surface area contributed by atoms with Gasteiger partial charge in [0.2, 0.25) is 0 Å². The number of aryl methyl sites for hydroxylation is 2. The molecule has 0 saturated heterocycles. The first-order valence-electron chi connectivity index (χ1n) is 7.38. The summed E-state index contributed by atoms with van der Waals surface area (Å²) in [5.74, 6) is 1.46. The monoisotopic (exact) mass is 286 g/mol. The van der Waals surface area contributed by atoms with Gasteiger partial charge in [0.05, 0.1) is 11.8 Å². The number of nitrogens with zero attached hydrogens (tertiary/aromatic N) is 2. The Balaban J connectivity index is 2.44. The molecule has 21 heavy (non-hydrogen) atoms. The van der Waals surface area contributed by atoms with Crippen LogP contribution in [0.1, 0.15) is 38.7 Å². The Morgan fingerprint density at radius 3 is 2.67 bits per heavy atom. The summed E-state index contributed by atoms with van der Waals surface area (Å²) in [6.45, 7) is 7.89. The minimum absolute atomic E-state index is 0.0485. The number of benzene rings is 1. The Bertz CT molecular complexity index is 675. The zero-order valence-electron chi connectivity index (χ0n) is 13.1. The van der Waals surface area contributed by atoms with E-state index in [9.17, 15) is 4.79 Å². The molecule has 0 aliphatic carbocycles. The average molecular weight is 286 g/mol. The fraction of sp³-hybridized carbons (Fsp3) is 0.412. The molecule has 0 aliphatic rings. The topological polar surface area (TPSA) is 44.1 Å². The Morgan fingerprint density at radius 2 is 2.05 bits per heavy atom. The smallest absolute Gasteiger partial charge is 0.258 e. The molecule has 1 heterocycles. The van der Waals surface area contributed by atoms with E-state index in [0.717, 1.165) is 30.0 Å². The van der Waals surface area contributed by atoms with E-state index in [4.69, 9.17) is 4.74 Å². The van der Waals surface area contributed by atoms with Crippen LogP contribution in [-0.4, -0.2) is 15.7 Å². The Morgan fingerprint density at radius 1 is 1.29 bits per heavy atom. The van der Waals surface area contributed by atoms with Crippen LogP contribution in [0.5, 0.6) is 5.75 Å². The molecule has 0 bridgehead atoms. The van der Waals surface area contributed by atoms with Crippen LogP contribution in [0.15, 0.2) is 35.1 Å². The SMILES string of the molecule is CCCc1cc(=O)n(-c2cccc(OC(C)C)c2)c(C)n1. The maximum absolute atomic E-state index is 12.4. The molecule has 4 nitrogen and oxygen atoms in total. The largest absolute Gasteiger partial charge is 0.491 e. The molecule has 0 aliphatic heterocycles. The summed E-state index contributed by atoms with van der Waals surface area (Å²) in [6, 6.07) is 9.16. The van der Waals surface area contributed by atoms with Crippen molar-refractivity contribution in [2.24, 2.45) is 0 Å². The molecule has 112 valence electrons. The van der Waals surface area contributed by atoms with Crippen molar-refractivity contribution in [2.45, 2.75) is 46.6 Å². The molecule has 0 N–H and O–H groups in total. The first-order valence-corrected chi connectivity index (χ1v) is 7.38. The number of hydrogen-bond donors (Lipinski definition) is 0. The van der Waals surface area contributed by atoms with Crippen molar-refractivity contribution >= 4 is 0 Å². The zero-order chi connectivity index (χ0) is 15.4. The van der Waals surface area contributed by atoms with Gasteiger partial charge in [0, 0.05) is 17.8 Å². The average Bonchev–Trinajstić information content (AvgIpc) is 2.37. The van der Waals surface area contributed by atoms with Gasteiger partial charge in [0.1, 0.15) is 11.6 Å². The summed E-state index contributed by atoms with van der Waals surface area (Å²) in [4.78, 5) is 16.9. The lowest BCUT2D eigenvalue weighted by atomic mass is 10.2. The molecule has 0 fully saturated rings. The van der Waals surface area contributed by atoms with E-state index in [1.165, 1.54) is 0 Å². The van der Waals surface area contributed by atoms with Crippen LogP contribution in [0.25, 0.3) is 5.69 Å². The van der Waals surface area contributed by atoms with Gasteiger partial charge in [-0.3, -0.25) is 9.36 Å². The minimum Gasteiger partial charge on any atom is -0.491 e. The molecule has 0 saturated carbocycles. The number of ether oxygens (including phenoxy) is 1. The quantitative estimate of drug-likeness (QED) is 0.847. The summed E-state index contributed by atoms with van der Waals surface area (Å²) in [5, 5.41) is 0. The highest BCUT2D eigenvalue weighted by molar-refractivity contribution is 5.40. The summed E-state index contributed by atoms with van der Waals surface area (Å²) >= 11 is 0. The second-order valence-electron chi connectivity index (χ2n) is 5.38. The van der Waals surface area contributed by atoms with Crippen molar-refractivity contribution in [1.29, 1.82) is 0 Å². The molecular weight excluding hydrogens is 264 g/mol. The lowest BCUT2D eigenvalue weighted by Gasteiger charge is -2.14. The van der Waals surface area contributed by atoms with Crippen molar-refractivity contribution in [2.75, 3.05) is 0 Å². The molecule has 2 aromatic rings. The molecule has 4 heteroatoms. The Labute approximate surface area is 125 Å². The van der Waals surface area contributed by atoms with E-state index >= 15 is 0 Å². The van der Waals surface area contributed by atoms with Gasteiger partial charge in [-0.15, -0.1) is 0 Å². The van der Waals surface area contributed by atoms with Crippen molar-refractivity contribution in [3.8, 4) is 11.4 Å². The standard InChI is InChI=1S/C17H22N2O2/c1-5-7-14-10-17(20)19(13(4)18-14)15-8-6-9-16(11-15)21-12(2)3/h6,8-12H,5,7H2,1-4H3. The Kier molecular flexibility index (Phi) is 4.78. The van der Waals surface area contributed by atoms with Crippen molar-refractivity contribution in [3.05, 3.63) is 52.2 Å². The normalized spacial score (nSPS) is 10.9. The van der Waals surface area contributed by atoms with E-state index in [-0.39, 0.29) is 11.7 Å². The molecule has 0 unspecified atom stereocenters. The van der Waals surface area contributed by atoms with Crippen LogP contribution >= 0.6 is 0 Å². The highest BCUT2D eigenvalue weighted by Crippen LogP contribution is 2.18. The lowest BCUT2D eigenvalue weighted by Crippen LogP contribution is -2.22. The maximum atomic E-state index is 12.4. The molecule has 0 amide bonds. The van der Waals surface area contributed by atoms with E-state index < -0.39 is 0 Å². The van der Waals surface area contributed by atoms with Gasteiger partial charge < -0.3 is 4.74 Å². The lowest BCUT2D eigenvalue weighted by molar-refractivity contribution is 0.242.